The molecule has 1 aromatic rings. The second-order valence-electron chi connectivity index (χ2n) is 8.11. The largest absolute Gasteiger partial charge is 0.345 e. The second kappa shape index (κ2) is 8.08. The molecule has 150 valence electrons. The minimum absolute atomic E-state index is 0.0574. The van der Waals surface area contributed by atoms with Gasteiger partial charge in [-0.2, -0.15) is 5.10 Å². The van der Waals surface area contributed by atoms with Crippen molar-refractivity contribution >= 4 is 23.5 Å². The Morgan fingerprint density at radius 1 is 1.37 bits per heavy atom. The molecule has 1 aromatic heterocycles. The third-order valence-corrected chi connectivity index (χ3v) is 4.63. The zero-order chi connectivity index (χ0) is 20.4. The van der Waals surface area contributed by atoms with Gasteiger partial charge >= 0.3 is 11.8 Å². The van der Waals surface area contributed by atoms with Crippen molar-refractivity contribution in [3.63, 3.8) is 0 Å². The third-order valence-electron chi connectivity index (χ3n) is 4.63. The molecule has 4 N–H and O–H groups in total. The van der Waals surface area contributed by atoms with E-state index in [0.29, 0.717) is 17.9 Å². The smallest absolute Gasteiger partial charge is 0.314 e. The molecule has 0 spiro atoms. The summed E-state index contributed by atoms with van der Waals surface area (Å²) < 4.78 is 1.49. The summed E-state index contributed by atoms with van der Waals surface area (Å²) in [6, 6.07) is 1.50. The molecule has 2 rings (SSSR count). The zero-order valence-electron chi connectivity index (χ0n) is 16.8. The molecule has 27 heavy (non-hydrogen) atoms. The molecule has 1 aliphatic rings. The minimum atomic E-state index is -0.772. The van der Waals surface area contributed by atoms with E-state index in [1.54, 1.807) is 13.0 Å². The van der Waals surface area contributed by atoms with Gasteiger partial charge in [0.05, 0.1) is 5.69 Å². The second-order valence-corrected chi connectivity index (χ2v) is 8.11. The van der Waals surface area contributed by atoms with Crippen molar-refractivity contribution in [2.24, 2.45) is 5.41 Å². The van der Waals surface area contributed by atoms with E-state index in [4.69, 9.17) is 0 Å². The highest BCUT2D eigenvalue weighted by Gasteiger charge is 2.35. The molecule has 1 saturated heterocycles. The van der Waals surface area contributed by atoms with Crippen LogP contribution in [-0.4, -0.2) is 39.6 Å². The molecule has 2 heterocycles. The van der Waals surface area contributed by atoms with Crippen LogP contribution in [0.15, 0.2) is 6.07 Å². The van der Waals surface area contributed by atoms with E-state index >= 15 is 0 Å². The first-order valence-electron chi connectivity index (χ1n) is 9.24. The number of hydrogen-bond donors (Lipinski definition) is 4. The van der Waals surface area contributed by atoms with Crippen LogP contribution in [0.25, 0.3) is 0 Å². The molecule has 0 aliphatic carbocycles. The standard InChI is InChI=1S/C18H30N6O3/c1-7-10(2)19-15(26)16(27)21-13-8-11(3)23-24(13)17-20-12(18(4,5)6)9-14(25)22-17/h8,10,12,17,20H,7,9H2,1-6H3,(H,19,26)(H,21,27)(H,22,25). The van der Waals surface area contributed by atoms with Crippen LogP contribution >= 0.6 is 0 Å². The molecule has 0 bridgehead atoms. The lowest BCUT2D eigenvalue weighted by Gasteiger charge is -2.39. The van der Waals surface area contributed by atoms with E-state index in [1.165, 1.54) is 4.68 Å². The summed E-state index contributed by atoms with van der Waals surface area (Å²) in [5.41, 5.74) is 0.527. The molecular weight excluding hydrogens is 348 g/mol. The summed E-state index contributed by atoms with van der Waals surface area (Å²) in [4.78, 5) is 36.4. The number of anilines is 1. The average molecular weight is 378 g/mol. The van der Waals surface area contributed by atoms with Crippen molar-refractivity contribution in [1.29, 1.82) is 0 Å². The van der Waals surface area contributed by atoms with Crippen molar-refractivity contribution in [3.8, 4) is 0 Å². The first kappa shape index (κ1) is 20.9. The van der Waals surface area contributed by atoms with E-state index in [1.807, 2.05) is 13.8 Å². The number of nitrogens with zero attached hydrogens (tertiary/aromatic N) is 2. The van der Waals surface area contributed by atoms with E-state index in [9.17, 15) is 14.4 Å². The summed E-state index contributed by atoms with van der Waals surface area (Å²) in [5, 5.41) is 15.8. The van der Waals surface area contributed by atoms with Gasteiger partial charge in [-0.25, -0.2) is 4.68 Å². The summed E-state index contributed by atoms with van der Waals surface area (Å²) in [5.74, 6) is -1.24. The summed E-state index contributed by atoms with van der Waals surface area (Å²) in [7, 11) is 0. The van der Waals surface area contributed by atoms with E-state index in [-0.39, 0.29) is 23.4 Å². The van der Waals surface area contributed by atoms with E-state index in [0.717, 1.165) is 6.42 Å². The SMILES string of the molecule is CCC(C)NC(=O)C(=O)Nc1cc(C)nn1C1NC(=O)CC(C(C)(C)C)N1. The number of carbonyl (C=O) groups is 3. The van der Waals surface area contributed by atoms with Crippen molar-refractivity contribution < 1.29 is 14.4 Å². The predicted octanol–water partition coefficient (Wildman–Crippen LogP) is 1.03. The van der Waals surface area contributed by atoms with Crippen molar-refractivity contribution in [2.75, 3.05) is 5.32 Å². The maximum Gasteiger partial charge on any atom is 0.314 e. The van der Waals surface area contributed by atoms with Crippen molar-refractivity contribution in [1.82, 2.24) is 25.7 Å². The van der Waals surface area contributed by atoms with Gasteiger partial charge in [0.2, 0.25) is 5.91 Å². The Balaban J connectivity index is 2.18. The number of aryl methyl sites for hydroxylation is 1. The van der Waals surface area contributed by atoms with Crippen molar-refractivity contribution in [2.45, 2.75) is 72.8 Å². The zero-order valence-corrected chi connectivity index (χ0v) is 16.8. The molecule has 1 fully saturated rings. The lowest BCUT2D eigenvalue weighted by atomic mass is 9.84. The minimum Gasteiger partial charge on any atom is -0.345 e. The van der Waals surface area contributed by atoms with Gasteiger partial charge in [-0.15, -0.1) is 0 Å². The van der Waals surface area contributed by atoms with Crippen LogP contribution in [0.5, 0.6) is 0 Å². The third kappa shape index (κ3) is 5.29. The Morgan fingerprint density at radius 2 is 2.04 bits per heavy atom. The quantitative estimate of drug-likeness (QED) is 0.584. The van der Waals surface area contributed by atoms with Crippen LogP contribution < -0.4 is 21.3 Å². The Morgan fingerprint density at radius 3 is 2.63 bits per heavy atom. The van der Waals surface area contributed by atoms with Crippen LogP contribution in [-0.2, 0) is 14.4 Å². The highest BCUT2D eigenvalue weighted by Crippen LogP contribution is 2.26. The molecular formula is C18H30N6O3. The maximum absolute atomic E-state index is 12.2. The number of hydrogen-bond acceptors (Lipinski definition) is 5. The lowest BCUT2D eigenvalue weighted by molar-refractivity contribution is -0.136. The number of amides is 3. The number of nitrogens with one attached hydrogen (secondary N) is 4. The summed E-state index contributed by atoms with van der Waals surface area (Å²) in [6.07, 6.45) is 0.471. The van der Waals surface area contributed by atoms with Gasteiger partial charge in [-0.05, 0) is 25.7 Å². The van der Waals surface area contributed by atoms with Crippen molar-refractivity contribution in [3.05, 3.63) is 11.8 Å². The number of carbonyl (C=O) groups excluding carboxylic acids is 3. The Hall–Kier alpha value is -2.42. The van der Waals surface area contributed by atoms with Gasteiger partial charge in [0.1, 0.15) is 5.82 Å². The molecule has 1 aliphatic heterocycles. The first-order chi connectivity index (χ1) is 12.5. The van der Waals surface area contributed by atoms with Gasteiger partial charge in [-0.3, -0.25) is 19.7 Å². The molecule has 3 unspecified atom stereocenters. The topological polar surface area (TPSA) is 117 Å². The fourth-order valence-corrected chi connectivity index (χ4v) is 2.75. The molecule has 3 atom stereocenters. The molecule has 9 heteroatoms. The van der Waals surface area contributed by atoms with Crippen LogP contribution in [0.3, 0.4) is 0 Å². The normalized spacial score (nSPS) is 21.3. The fourth-order valence-electron chi connectivity index (χ4n) is 2.75. The Kier molecular flexibility index (Phi) is 6.25. The highest BCUT2D eigenvalue weighted by atomic mass is 16.2. The van der Waals surface area contributed by atoms with Gasteiger partial charge in [0, 0.05) is 24.6 Å². The highest BCUT2D eigenvalue weighted by molar-refractivity contribution is 6.39. The predicted molar refractivity (Wildman–Crippen MR) is 102 cm³/mol. The molecule has 0 aromatic carbocycles. The lowest BCUT2D eigenvalue weighted by Crippen LogP contribution is -2.57. The first-order valence-corrected chi connectivity index (χ1v) is 9.24. The van der Waals surface area contributed by atoms with Gasteiger partial charge < -0.3 is 16.0 Å². The average Bonchev–Trinajstić information content (AvgIpc) is 2.93. The Bertz CT molecular complexity index is 721. The molecule has 0 radical (unpaired) electrons. The summed E-state index contributed by atoms with van der Waals surface area (Å²) >= 11 is 0. The van der Waals surface area contributed by atoms with Crippen LogP contribution in [0.1, 0.15) is 59.4 Å². The number of aromatic nitrogens is 2. The van der Waals surface area contributed by atoms with Gasteiger partial charge in [-0.1, -0.05) is 27.7 Å². The molecule has 3 amide bonds. The monoisotopic (exact) mass is 378 g/mol. The molecule has 0 saturated carbocycles. The van der Waals surface area contributed by atoms with E-state index < -0.39 is 18.1 Å². The van der Waals surface area contributed by atoms with Crippen LogP contribution in [0.2, 0.25) is 0 Å². The van der Waals surface area contributed by atoms with Gasteiger partial charge in [0.25, 0.3) is 0 Å². The maximum atomic E-state index is 12.2. The fraction of sp³-hybridized carbons (Fsp3) is 0.667. The van der Waals surface area contributed by atoms with Crippen LogP contribution in [0.4, 0.5) is 5.82 Å². The Labute approximate surface area is 159 Å². The van der Waals surface area contributed by atoms with Gasteiger partial charge in [0.15, 0.2) is 6.29 Å². The summed E-state index contributed by atoms with van der Waals surface area (Å²) in [6.45, 7) is 11.7. The van der Waals surface area contributed by atoms with E-state index in [2.05, 4.69) is 47.1 Å². The van der Waals surface area contributed by atoms with Crippen LogP contribution in [0, 0.1) is 12.3 Å². The molecule has 9 nitrogen and oxygen atoms in total. The number of rotatable bonds is 4.